The maximum absolute atomic E-state index is 13.5. The van der Waals surface area contributed by atoms with Crippen molar-refractivity contribution in [3.63, 3.8) is 0 Å². The summed E-state index contributed by atoms with van der Waals surface area (Å²) in [6, 6.07) is 6.80. The van der Waals surface area contributed by atoms with Gasteiger partial charge in [-0.1, -0.05) is 25.5 Å². The number of aryl methyl sites for hydroxylation is 2. The number of anilines is 1. The highest BCUT2D eigenvalue weighted by atomic mass is 32.5. The summed E-state index contributed by atoms with van der Waals surface area (Å²) in [5.74, 6) is -1.36. The maximum Gasteiger partial charge on any atom is 0.310 e. The van der Waals surface area contributed by atoms with Gasteiger partial charge in [-0.3, -0.25) is 4.79 Å². The summed E-state index contributed by atoms with van der Waals surface area (Å²) < 4.78 is 79.8. The molecule has 4 rings (SSSR count). The number of aliphatic carboxylic acids is 1. The third-order valence-electron chi connectivity index (χ3n) is 6.41. The first-order valence-corrected chi connectivity index (χ1v) is 14.1. The van der Waals surface area contributed by atoms with Crippen LogP contribution in [0.4, 0.5) is 25.2 Å². The lowest BCUT2D eigenvalue weighted by molar-refractivity contribution is -0.137. The maximum atomic E-state index is 13.5. The van der Waals surface area contributed by atoms with Crippen molar-refractivity contribution in [1.82, 2.24) is 14.8 Å². The van der Waals surface area contributed by atoms with Crippen molar-refractivity contribution in [2.24, 2.45) is 7.05 Å². The summed E-state index contributed by atoms with van der Waals surface area (Å²) >= 11 is 0. The zero-order chi connectivity index (χ0) is 28.5. The average Bonchev–Trinajstić information content (AvgIpc) is 3.20. The van der Waals surface area contributed by atoms with Crippen LogP contribution in [0.1, 0.15) is 41.3 Å². The van der Waals surface area contributed by atoms with Gasteiger partial charge in [0.05, 0.1) is 25.8 Å². The van der Waals surface area contributed by atoms with Crippen molar-refractivity contribution in [1.29, 1.82) is 0 Å². The number of carbonyl (C=O) groups is 1. The molecule has 1 aliphatic rings. The Balaban J connectivity index is 1.51. The van der Waals surface area contributed by atoms with Crippen LogP contribution in [0.15, 0.2) is 41.3 Å². The van der Waals surface area contributed by atoms with Gasteiger partial charge in [-0.2, -0.15) is 5.10 Å². The van der Waals surface area contributed by atoms with Crippen molar-refractivity contribution in [2.45, 2.75) is 42.9 Å². The number of carboxylic acid groups (broad SMARTS) is 1. The predicted octanol–water partition coefficient (Wildman–Crippen LogP) is 6.26. The molecular formula is C25H29F5N4O4S. The van der Waals surface area contributed by atoms with Crippen LogP contribution < -0.4 is 14.8 Å². The number of pyridine rings is 1. The fourth-order valence-electron chi connectivity index (χ4n) is 4.54. The summed E-state index contributed by atoms with van der Waals surface area (Å²) in [6.07, 6.45) is 1.76. The van der Waals surface area contributed by atoms with Gasteiger partial charge >= 0.3 is 16.2 Å². The van der Waals surface area contributed by atoms with Gasteiger partial charge in [-0.25, -0.2) is 9.67 Å². The van der Waals surface area contributed by atoms with E-state index in [1.807, 2.05) is 12.1 Å². The molecule has 0 amide bonds. The number of nitrogens with zero attached hydrogens (tertiary/aromatic N) is 3. The highest BCUT2D eigenvalue weighted by Gasteiger charge is 2.65. The predicted molar refractivity (Wildman–Crippen MR) is 137 cm³/mol. The van der Waals surface area contributed by atoms with Crippen molar-refractivity contribution in [3.8, 4) is 11.6 Å². The highest BCUT2D eigenvalue weighted by molar-refractivity contribution is 8.45. The molecule has 0 bridgehead atoms. The van der Waals surface area contributed by atoms with Crippen molar-refractivity contribution in [3.05, 3.63) is 58.9 Å². The lowest BCUT2D eigenvalue weighted by Crippen LogP contribution is -2.14. The molecule has 1 atom stereocenters. The number of fused-ring (bicyclic) bond motifs is 1. The molecule has 1 aromatic carbocycles. The molecule has 1 aliphatic heterocycles. The Hall–Kier alpha value is -3.55. The number of benzene rings is 1. The van der Waals surface area contributed by atoms with Crippen LogP contribution in [-0.4, -0.2) is 46.1 Å². The van der Waals surface area contributed by atoms with Gasteiger partial charge in [0.1, 0.15) is 16.5 Å². The molecule has 0 saturated heterocycles. The van der Waals surface area contributed by atoms with Gasteiger partial charge in [-0.05, 0) is 54.7 Å². The van der Waals surface area contributed by atoms with E-state index in [9.17, 15) is 29.3 Å². The Labute approximate surface area is 221 Å². The van der Waals surface area contributed by atoms with E-state index < -0.39 is 33.4 Å². The molecule has 0 aliphatic carbocycles. The number of ether oxygens (including phenoxy) is 2. The molecule has 2 N–H and O–H groups in total. The minimum Gasteiger partial charge on any atom is -0.496 e. The van der Waals surface area contributed by atoms with E-state index in [4.69, 9.17) is 9.47 Å². The summed E-state index contributed by atoms with van der Waals surface area (Å²) in [5.41, 5.74) is 2.02. The van der Waals surface area contributed by atoms with E-state index in [1.54, 1.807) is 7.05 Å². The number of methoxy groups -OCH3 is 1. The van der Waals surface area contributed by atoms with Crippen LogP contribution in [0.5, 0.6) is 11.6 Å². The molecule has 0 spiro atoms. The average molecular weight is 577 g/mol. The molecule has 1 unspecified atom stereocenters. The molecule has 14 heteroatoms. The number of hydrogen-bond donors (Lipinski definition) is 2. The molecule has 39 heavy (non-hydrogen) atoms. The summed E-state index contributed by atoms with van der Waals surface area (Å²) in [5, 5.41) is 17.0. The Morgan fingerprint density at radius 3 is 2.62 bits per heavy atom. The molecule has 8 nitrogen and oxygen atoms in total. The number of carboxylic acids is 1. The zero-order valence-corrected chi connectivity index (χ0v) is 22.1. The molecular weight excluding hydrogens is 547 g/mol. The standard InChI is InChI=1S/C25H29F5N4O4S/c1-34-23(38-11-9-18-6-5-16-4-3-10-31-25(16)32-18)14-19(33-34)12-17(13-24(35)36)21-15-20(7-8-22(21)37-2)39(26,27,28,29)30/h5-8,14-15,17H,3-4,9-13H2,1-2H3,(H,31,32)(H,35,36). The van der Waals surface area contributed by atoms with Gasteiger partial charge in [0, 0.05) is 37.7 Å². The zero-order valence-electron chi connectivity index (χ0n) is 21.3. The van der Waals surface area contributed by atoms with Crippen LogP contribution in [0.2, 0.25) is 0 Å². The molecule has 214 valence electrons. The molecule has 3 heterocycles. The monoisotopic (exact) mass is 576 g/mol. The second kappa shape index (κ2) is 9.88. The third kappa shape index (κ3) is 7.11. The molecule has 3 aromatic rings. The smallest absolute Gasteiger partial charge is 0.310 e. The number of halogens is 5. The summed E-state index contributed by atoms with van der Waals surface area (Å²) in [6.45, 7) is 1.14. The SMILES string of the molecule is COc1ccc(S(F)(F)(F)(F)F)cc1C(CC(=O)O)Cc1cc(OCCc2ccc3c(n2)NCCC3)n(C)n1. The molecule has 2 aromatic heterocycles. The van der Waals surface area contributed by atoms with Crippen LogP contribution in [0.25, 0.3) is 0 Å². The number of nitrogens with one attached hydrogen (secondary N) is 1. The Kier molecular flexibility index (Phi) is 7.21. The normalized spacial score (nSPS) is 15.9. The number of aromatic nitrogens is 3. The van der Waals surface area contributed by atoms with E-state index in [0.29, 0.717) is 18.0 Å². The van der Waals surface area contributed by atoms with E-state index in [2.05, 4.69) is 15.4 Å². The second-order valence-corrected chi connectivity index (χ2v) is 11.8. The topological polar surface area (TPSA) is 98.5 Å². The summed E-state index contributed by atoms with van der Waals surface area (Å²) in [4.78, 5) is 14.1. The van der Waals surface area contributed by atoms with Crippen LogP contribution >= 0.6 is 10.2 Å². The fourth-order valence-corrected chi connectivity index (χ4v) is 5.21. The third-order valence-corrected chi connectivity index (χ3v) is 7.56. The Morgan fingerprint density at radius 2 is 1.92 bits per heavy atom. The lowest BCUT2D eigenvalue weighted by Gasteiger charge is -2.41. The van der Waals surface area contributed by atoms with Gasteiger partial charge in [0.25, 0.3) is 0 Å². The van der Waals surface area contributed by atoms with Crippen LogP contribution in [0, 0.1) is 0 Å². The van der Waals surface area contributed by atoms with E-state index >= 15 is 0 Å². The van der Waals surface area contributed by atoms with Crippen molar-refractivity contribution < 1.29 is 38.8 Å². The Morgan fingerprint density at radius 1 is 1.15 bits per heavy atom. The molecule has 0 saturated carbocycles. The quantitative estimate of drug-likeness (QED) is 0.260. The van der Waals surface area contributed by atoms with Gasteiger partial charge < -0.3 is 19.9 Å². The van der Waals surface area contributed by atoms with E-state index in [-0.39, 0.29) is 36.5 Å². The first-order chi connectivity index (χ1) is 18.1. The number of rotatable bonds is 11. The number of hydrogen-bond acceptors (Lipinski definition) is 6. The molecule has 0 radical (unpaired) electrons. The van der Waals surface area contributed by atoms with Crippen molar-refractivity contribution in [2.75, 3.05) is 25.6 Å². The fraction of sp³-hybridized carbons (Fsp3) is 0.400. The molecule has 0 fully saturated rings. The van der Waals surface area contributed by atoms with E-state index in [0.717, 1.165) is 44.1 Å². The van der Waals surface area contributed by atoms with Gasteiger partial charge in [0.2, 0.25) is 5.88 Å². The van der Waals surface area contributed by atoms with Gasteiger partial charge in [-0.15, -0.1) is 0 Å². The summed E-state index contributed by atoms with van der Waals surface area (Å²) in [7, 11) is -7.25. The minimum absolute atomic E-state index is 0.133. The van der Waals surface area contributed by atoms with E-state index in [1.165, 1.54) is 16.3 Å². The second-order valence-electron chi connectivity index (χ2n) is 9.41. The minimum atomic E-state index is -10.0. The van der Waals surface area contributed by atoms with Crippen molar-refractivity contribution >= 4 is 22.0 Å². The lowest BCUT2D eigenvalue weighted by atomic mass is 9.90. The first-order valence-electron chi connectivity index (χ1n) is 12.1. The highest BCUT2D eigenvalue weighted by Crippen LogP contribution is 3.02. The van der Waals surface area contributed by atoms with Gasteiger partial charge in [0.15, 0.2) is 0 Å². The first kappa shape index (κ1) is 28.5. The van der Waals surface area contributed by atoms with Crippen LogP contribution in [0.3, 0.4) is 0 Å². The largest absolute Gasteiger partial charge is 0.496 e. The Bertz CT molecular complexity index is 1380. The van der Waals surface area contributed by atoms with Crippen LogP contribution in [-0.2, 0) is 31.1 Å².